The van der Waals surface area contributed by atoms with E-state index in [4.69, 9.17) is 16.3 Å². The first-order valence-corrected chi connectivity index (χ1v) is 5.99. The second kappa shape index (κ2) is 6.16. The van der Waals surface area contributed by atoms with E-state index in [1.54, 1.807) is 18.2 Å². The minimum Gasteiger partial charge on any atom is -0.462 e. The third-order valence-corrected chi connectivity index (χ3v) is 2.71. The zero-order chi connectivity index (χ0) is 12.1. The van der Waals surface area contributed by atoms with Gasteiger partial charge in [-0.15, -0.1) is 12.6 Å². The topological polar surface area (TPSA) is 26.3 Å². The summed E-state index contributed by atoms with van der Waals surface area (Å²) in [7, 11) is 0. The van der Waals surface area contributed by atoms with Crippen molar-refractivity contribution in [2.24, 2.45) is 5.92 Å². The van der Waals surface area contributed by atoms with Crippen molar-refractivity contribution in [1.29, 1.82) is 0 Å². The molecule has 0 radical (unpaired) electrons. The number of hydrogen-bond acceptors (Lipinski definition) is 3. The highest BCUT2D eigenvalue weighted by Crippen LogP contribution is 2.20. The molecule has 0 aromatic heterocycles. The largest absolute Gasteiger partial charge is 0.462 e. The normalized spacial score (nSPS) is 10.6. The van der Waals surface area contributed by atoms with Crippen molar-refractivity contribution in [2.75, 3.05) is 6.61 Å². The lowest BCUT2D eigenvalue weighted by Crippen LogP contribution is -2.08. The molecule has 0 aliphatic heterocycles. The number of esters is 1. The van der Waals surface area contributed by atoms with Crippen molar-refractivity contribution in [2.45, 2.75) is 25.2 Å². The number of benzene rings is 1. The van der Waals surface area contributed by atoms with E-state index >= 15 is 0 Å². The fourth-order valence-corrected chi connectivity index (χ4v) is 1.53. The van der Waals surface area contributed by atoms with Gasteiger partial charge in [0.15, 0.2) is 0 Å². The number of hydrogen-bond donors (Lipinski definition) is 1. The Kier molecular flexibility index (Phi) is 5.16. The minimum atomic E-state index is -0.387. The van der Waals surface area contributed by atoms with Crippen LogP contribution < -0.4 is 0 Å². The Balaban J connectivity index is 2.62. The molecule has 1 aromatic carbocycles. The summed E-state index contributed by atoms with van der Waals surface area (Å²) < 4.78 is 5.12. The highest BCUT2D eigenvalue weighted by Gasteiger charge is 2.12. The van der Waals surface area contributed by atoms with Gasteiger partial charge in [-0.1, -0.05) is 25.4 Å². The summed E-state index contributed by atoms with van der Waals surface area (Å²) in [6.07, 6.45) is 0.851. The molecule has 88 valence electrons. The Morgan fingerprint density at radius 2 is 2.19 bits per heavy atom. The molecule has 4 heteroatoms. The maximum Gasteiger partial charge on any atom is 0.339 e. The molecule has 0 unspecified atom stereocenters. The van der Waals surface area contributed by atoms with Crippen LogP contribution in [0, 0.1) is 5.92 Å². The van der Waals surface area contributed by atoms with Crippen molar-refractivity contribution in [1.82, 2.24) is 0 Å². The first-order valence-electron chi connectivity index (χ1n) is 5.16. The van der Waals surface area contributed by atoms with Crippen LogP contribution in [-0.2, 0) is 4.74 Å². The van der Waals surface area contributed by atoms with E-state index in [0.29, 0.717) is 28.0 Å². The number of carbonyl (C=O) groups is 1. The van der Waals surface area contributed by atoms with E-state index in [1.807, 2.05) is 0 Å². The predicted molar refractivity (Wildman–Crippen MR) is 68.4 cm³/mol. The van der Waals surface area contributed by atoms with Crippen molar-refractivity contribution >= 4 is 30.2 Å². The standard InChI is InChI=1S/C12H15ClO2S/c1-8(2)5-6-15-12(14)10-7-9(16)3-4-11(10)13/h3-4,7-8,16H,5-6H2,1-2H3. The molecule has 0 aliphatic rings. The summed E-state index contributed by atoms with van der Waals surface area (Å²) in [6, 6.07) is 4.99. The molecule has 0 atom stereocenters. The van der Waals surface area contributed by atoms with Gasteiger partial charge >= 0.3 is 5.97 Å². The Labute approximate surface area is 106 Å². The van der Waals surface area contributed by atoms with Gasteiger partial charge < -0.3 is 4.74 Å². The Hall–Kier alpha value is -0.670. The summed E-state index contributed by atoms with van der Waals surface area (Å²) in [6.45, 7) is 4.58. The molecule has 0 saturated carbocycles. The smallest absolute Gasteiger partial charge is 0.339 e. The maximum atomic E-state index is 11.7. The van der Waals surface area contributed by atoms with E-state index in [0.717, 1.165) is 6.42 Å². The molecule has 0 fully saturated rings. The quantitative estimate of drug-likeness (QED) is 0.656. The summed E-state index contributed by atoms with van der Waals surface area (Å²) in [5.74, 6) is 0.126. The van der Waals surface area contributed by atoms with Crippen LogP contribution >= 0.6 is 24.2 Å². The van der Waals surface area contributed by atoms with Crippen molar-refractivity contribution in [3.63, 3.8) is 0 Å². The Morgan fingerprint density at radius 1 is 1.50 bits per heavy atom. The van der Waals surface area contributed by atoms with Crippen LogP contribution in [0.15, 0.2) is 23.1 Å². The second-order valence-electron chi connectivity index (χ2n) is 3.98. The number of rotatable bonds is 4. The summed E-state index contributed by atoms with van der Waals surface area (Å²) in [4.78, 5) is 12.4. The molecule has 0 amide bonds. The first kappa shape index (κ1) is 13.4. The van der Waals surface area contributed by atoms with Gasteiger partial charge in [-0.2, -0.15) is 0 Å². The maximum absolute atomic E-state index is 11.7. The van der Waals surface area contributed by atoms with Gasteiger partial charge in [-0.05, 0) is 30.5 Å². The Bertz CT molecular complexity index is 377. The third kappa shape index (κ3) is 4.06. The second-order valence-corrected chi connectivity index (χ2v) is 4.91. The van der Waals surface area contributed by atoms with Gasteiger partial charge in [0.25, 0.3) is 0 Å². The molecule has 0 heterocycles. The van der Waals surface area contributed by atoms with Gasteiger partial charge in [-0.3, -0.25) is 0 Å². The summed E-state index contributed by atoms with van der Waals surface area (Å²) in [5.41, 5.74) is 0.373. The van der Waals surface area contributed by atoms with Crippen LogP contribution in [0.3, 0.4) is 0 Å². The fraction of sp³-hybridized carbons (Fsp3) is 0.417. The van der Waals surface area contributed by atoms with Gasteiger partial charge in [-0.25, -0.2) is 4.79 Å². The molecule has 0 spiro atoms. The molecular formula is C12H15ClO2S. The SMILES string of the molecule is CC(C)CCOC(=O)c1cc(S)ccc1Cl. The van der Waals surface area contributed by atoms with E-state index in [2.05, 4.69) is 26.5 Å². The highest BCUT2D eigenvalue weighted by molar-refractivity contribution is 7.80. The molecule has 0 N–H and O–H groups in total. The molecule has 2 nitrogen and oxygen atoms in total. The predicted octanol–water partition coefficient (Wildman–Crippen LogP) is 3.83. The van der Waals surface area contributed by atoms with Crippen molar-refractivity contribution in [3.8, 4) is 0 Å². The monoisotopic (exact) mass is 258 g/mol. The van der Waals surface area contributed by atoms with Crippen LogP contribution in [0.4, 0.5) is 0 Å². The minimum absolute atomic E-state index is 0.373. The van der Waals surface area contributed by atoms with Gasteiger partial charge in [0.2, 0.25) is 0 Å². The molecule has 0 bridgehead atoms. The fourth-order valence-electron chi connectivity index (χ4n) is 1.13. The van der Waals surface area contributed by atoms with Crippen LogP contribution in [0.5, 0.6) is 0 Å². The molecule has 0 aliphatic carbocycles. The van der Waals surface area contributed by atoms with Crippen LogP contribution in [-0.4, -0.2) is 12.6 Å². The van der Waals surface area contributed by atoms with E-state index in [9.17, 15) is 4.79 Å². The van der Waals surface area contributed by atoms with Gasteiger partial charge in [0.1, 0.15) is 0 Å². The van der Waals surface area contributed by atoms with E-state index in [-0.39, 0.29) is 5.97 Å². The Morgan fingerprint density at radius 3 is 2.81 bits per heavy atom. The number of halogens is 1. The molecule has 1 rings (SSSR count). The lowest BCUT2D eigenvalue weighted by atomic mass is 10.1. The number of carbonyl (C=O) groups excluding carboxylic acids is 1. The number of ether oxygens (including phenoxy) is 1. The first-order chi connectivity index (χ1) is 7.50. The van der Waals surface area contributed by atoms with Crippen LogP contribution in [0.25, 0.3) is 0 Å². The lowest BCUT2D eigenvalue weighted by molar-refractivity contribution is 0.0488. The molecule has 0 saturated heterocycles. The zero-order valence-electron chi connectivity index (χ0n) is 9.37. The van der Waals surface area contributed by atoms with Crippen molar-refractivity contribution in [3.05, 3.63) is 28.8 Å². The van der Waals surface area contributed by atoms with Gasteiger partial charge in [0.05, 0.1) is 17.2 Å². The van der Waals surface area contributed by atoms with E-state index in [1.165, 1.54) is 0 Å². The summed E-state index contributed by atoms with van der Waals surface area (Å²) >= 11 is 10.1. The van der Waals surface area contributed by atoms with Gasteiger partial charge in [0, 0.05) is 4.90 Å². The highest BCUT2D eigenvalue weighted by atomic mass is 35.5. The number of thiol groups is 1. The third-order valence-electron chi connectivity index (χ3n) is 2.10. The molecular weight excluding hydrogens is 244 g/mol. The summed E-state index contributed by atoms with van der Waals surface area (Å²) in [5, 5.41) is 0.396. The zero-order valence-corrected chi connectivity index (χ0v) is 11.0. The average molecular weight is 259 g/mol. The molecule has 16 heavy (non-hydrogen) atoms. The van der Waals surface area contributed by atoms with Crippen LogP contribution in [0.2, 0.25) is 5.02 Å². The molecule has 1 aromatic rings. The lowest BCUT2D eigenvalue weighted by Gasteiger charge is -2.08. The van der Waals surface area contributed by atoms with Crippen LogP contribution in [0.1, 0.15) is 30.6 Å². The van der Waals surface area contributed by atoms with Crippen molar-refractivity contribution < 1.29 is 9.53 Å². The van der Waals surface area contributed by atoms with E-state index < -0.39 is 0 Å². The average Bonchev–Trinajstić information content (AvgIpc) is 2.21.